The molecule has 1 unspecified atom stereocenters. The number of rotatable bonds is 3. The molecule has 1 heterocycles. The van der Waals surface area contributed by atoms with Crippen molar-refractivity contribution in [2.24, 2.45) is 11.0 Å². The van der Waals surface area contributed by atoms with Gasteiger partial charge in [0.05, 0.1) is 5.69 Å². The summed E-state index contributed by atoms with van der Waals surface area (Å²) >= 11 is 6.07. The van der Waals surface area contributed by atoms with Gasteiger partial charge in [-0.2, -0.15) is 0 Å². The van der Waals surface area contributed by atoms with E-state index in [1.54, 1.807) is 19.1 Å². The van der Waals surface area contributed by atoms with Gasteiger partial charge in [-0.25, -0.2) is 0 Å². The maximum Gasteiger partial charge on any atom is 0.227 e. The summed E-state index contributed by atoms with van der Waals surface area (Å²) in [7, 11) is 0. The summed E-state index contributed by atoms with van der Waals surface area (Å²) < 4.78 is 0. The van der Waals surface area contributed by atoms with Crippen LogP contribution < -0.4 is 4.90 Å². The lowest BCUT2D eigenvalue weighted by molar-refractivity contribution is -0.117. The molecule has 1 fully saturated rings. The van der Waals surface area contributed by atoms with E-state index in [0.29, 0.717) is 24.2 Å². The zero-order chi connectivity index (χ0) is 14.0. The van der Waals surface area contributed by atoms with Crippen molar-refractivity contribution in [3.05, 3.63) is 33.2 Å². The average molecular weight is 281 g/mol. The monoisotopic (exact) mass is 280 g/mol. The minimum Gasteiger partial charge on any atom is -0.506 e. The van der Waals surface area contributed by atoms with Crippen molar-refractivity contribution in [3.8, 4) is 5.75 Å². The minimum atomic E-state index is -0.0803. The topological polar surface area (TPSA) is 89.3 Å². The zero-order valence-electron chi connectivity index (χ0n) is 10.4. The quantitative estimate of drug-likeness (QED) is 0.524. The van der Waals surface area contributed by atoms with Gasteiger partial charge < -0.3 is 10.0 Å². The van der Waals surface area contributed by atoms with E-state index in [1.165, 1.54) is 4.90 Å². The first-order valence-corrected chi connectivity index (χ1v) is 6.21. The van der Waals surface area contributed by atoms with Crippen molar-refractivity contribution in [1.29, 1.82) is 0 Å². The Morgan fingerprint density at radius 1 is 1.63 bits per heavy atom. The molecule has 19 heavy (non-hydrogen) atoms. The minimum absolute atomic E-state index is 0.00883. The number of carbonyl (C=O) groups is 1. The number of carbonyl (C=O) groups excluding carboxylic acids is 1. The number of amides is 1. The SMILES string of the molecule is Cc1ccc(N2CC(CN=[N+]=[N-])CC2=O)c(Cl)c1O. The van der Waals surface area contributed by atoms with Crippen LogP contribution >= 0.6 is 11.6 Å². The van der Waals surface area contributed by atoms with Crippen LogP contribution in [-0.4, -0.2) is 24.1 Å². The van der Waals surface area contributed by atoms with Gasteiger partial charge in [-0.3, -0.25) is 4.79 Å². The molecular weight excluding hydrogens is 268 g/mol. The van der Waals surface area contributed by atoms with Crippen LogP contribution in [0.25, 0.3) is 10.4 Å². The predicted molar refractivity (Wildman–Crippen MR) is 72.3 cm³/mol. The van der Waals surface area contributed by atoms with Crippen LogP contribution in [0.2, 0.25) is 5.02 Å². The molecule has 1 atom stereocenters. The second-order valence-corrected chi connectivity index (χ2v) is 4.93. The standard InChI is InChI=1S/C12H13ClN4O2/c1-7-2-3-9(11(13)12(7)19)17-6-8(4-10(17)18)5-15-16-14/h2-3,8,19H,4-6H2,1H3. The third-order valence-electron chi connectivity index (χ3n) is 3.20. The molecule has 1 aliphatic rings. The number of aromatic hydroxyl groups is 1. The van der Waals surface area contributed by atoms with Crippen molar-refractivity contribution in [3.63, 3.8) is 0 Å². The number of halogens is 1. The lowest BCUT2D eigenvalue weighted by Crippen LogP contribution is -2.25. The molecular formula is C12H13ClN4O2. The first kappa shape index (κ1) is 13.5. The highest BCUT2D eigenvalue weighted by molar-refractivity contribution is 6.35. The molecule has 0 saturated carbocycles. The summed E-state index contributed by atoms with van der Waals surface area (Å²) in [6.07, 6.45) is 0.323. The fourth-order valence-corrected chi connectivity index (χ4v) is 2.46. The Morgan fingerprint density at radius 2 is 2.37 bits per heavy atom. The van der Waals surface area contributed by atoms with Crippen LogP contribution in [0.1, 0.15) is 12.0 Å². The molecule has 2 rings (SSSR count). The maximum absolute atomic E-state index is 11.9. The van der Waals surface area contributed by atoms with Crippen LogP contribution in [0.15, 0.2) is 17.2 Å². The van der Waals surface area contributed by atoms with Crippen molar-refractivity contribution in [2.75, 3.05) is 18.0 Å². The maximum atomic E-state index is 11.9. The highest BCUT2D eigenvalue weighted by Gasteiger charge is 2.31. The molecule has 7 heteroatoms. The third kappa shape index (κ3) is 2.59. The van der Waals surface area contributed by atoms with Crippen molar-refractivity contribution in [1.82, 2.24) is 0 Å². The Hall–Kier alpha value is -1.91. The fourth-order valence-electron chi connectivity index (χ4n) is 2.15. The number of phenolic OH excluding ortho intramolecular Hbond substituents is 1. The zero-order valence-corrected chi connectivity index (χ0v) is 11.1. The summed E-state index contributed by atoms with van der Waals surface area (Å²) in [5.74, 6) is -0.100. The van der Waals surface area contributed by atoms with Crippen LogP contribution in [0.5, 0.6) is 5.75 Å². The van der Waals surface area contributed by atoms with Gasteiger partial charge in [0.15, 0.2) is 0 Å². The van der Waals surface area contributed by atoms with Crippen molar-refractivity contribution in [2.45, 2.75) is 13.3 Å². The van der Waals surface area contributed by atoms with E-state index < -0.39 is 0 Å². The number of hydrogen-bond donors (Lipinski definition) is 1. The highest BCUT2D eigenvalue weighted by atomic mass is 35.5. The molecule has 0 radical (unpaired) electrons. The number of nitrogens with zero attached hydrogens (tertiary/aromatic N) is 4. The second kappa shape index (κ2) is 5.38. The Morgan fingerprint density at radius 3 is 3.05 bits per heavy atom. The molecule has 1 N–H and O–H groups in total. The molecule has 0 aromatic heterocycles. The molecule has 1 saturated heterocycles. The molecule has 0 spiro atoms. The first-order chi connectivity index (χ1) is 9.04. The van der Waals surface area contributed by atoms with Gasteiger partial charge in [-0.15, -0.1) is 0 Å². The summed E-state index contributed by atoms with van der Waals surface area (Å²) in [5, 5.41) is 13.5. The number of anilines is 1. The first-order valence-electron chi connectivity index (χ1n) is 5.84. The van der Waals surface area contributed by atoms with Crippen LogP contribution in [-0.2, 0) is 4.79 Å². The second-order valence-electron chi connectivity index (χ2n) is 4.55. The number of phenols is 1. The van der Waals surface area contributed by atoms with Crippen LogP contribution in [0.3, 0.4) is 0 Å². The van der Waals surface area contributed by atoms with E-state index in [9.17, 15) is 9.90 Å². The van der Waals surface area contributed by atoms with E-state index in [0.717, 1.165) is 0 Å². The van der Waals surface area contributed by atoms with Gasteiger partial charge in [-0.05, 0) is 30.0 Å². The average Bonchev–Trinajstić information content (AvgIpc) is 2.75. The van der Waals surface area contributed by atoms with Crippen molar-refractivity contribution >= 4 is 23.2 Å². The molecule has 1 aliphatic heterocycles. The Labute approximate surface area is 115 Å². The van der Waals surface area contributed by atoms with Gasteiger partial charge in [0.25, 0.3) is 0 Å². The van der Waals surface area contributed by atoms with E-state index in [2.05, 4.69) is 10.0 Å². The molecule has 1 aromatic carbocycles. The molecule has 0 aliphatic carbocycles. The fraction of sp³-hybridized carbons (Fsp3) is 0.417. The van der Waals surface area contributed by atoms with Gasteiger partial charge >= 0.3 is 0 Å². The normalized spacial score (nSPS) is 18.5. The van der Waals surface area contributed by atoms with E-state index in [4.69, 9.17) is 17.1 Å². The third-order valence-corrected chi connectivity index (χ3v) is 3.57. The molecule has 100 valence electrons. The van der Waals surface area contributed by atoms with Crippen molar-refractivity contribution < 1.29 is 9.90 Å². The molecule has 1 aromatic rings. The predicted octanol–water partition coefficient (Wildman–Crippen LogP) is 3.02. The van der Waals surface area contributed by atoms with Gasteiger partial charge in [-0.1, -0.05) is 22.8 Å². The highest BCUT2D eigenvalue weighted by Crippen LogP contribution is 2.38. The Kier molecular flexibility index (Phi) is 3.83. The van der Waals surface area contributed by atoms with Gasteiger partial charge in [0.1, 0.15) is 10.8 Å². The number of aryl methyl sites for hydroxylation is 1. The summed E-state index contributed by atoms with van der Waals surface area (Å²) in [6, 6.07) is 3.43. The van der Waals surface area contributed by atoms with Crippen LogP contribution in [0.4, 0.5) is 5.69 Å². The molecule has 6 nitrogen and oxygen atoms in total. The lowest BCUT2D eigenvalue weighted by Gasteiger charge is -2.19. The Bertz CT molecular complexity index is 569. The number of benzene rings is 1. The summed E-state index contributed by atoms with van der Waals surface area (Å²) in [5.41, 5.74) is 9.45. The number of hydrogen-bond acceptors (Lipinski definition) is 3. The largest absolute Gasteiger partial charge is 0.506 e. The molecule has 1 amide bonds. The van der Waals surface area contributed by atoms with Crippen LogP contribution in [0, 0.1) is 12.8 Å². The van der Waals surface area contributed by atoms with E-state index >= 15 is 0 Å². The van der Waals surface area contributed by atoms with Gasteiger partial charge in [0, 0.05) is 24.4 Å². The lowest BCUT2D eigenvalue weighted by atomic mass is 10.1. The summed E-state index contributed by atoms with van der Waals surface area (Å²) in [6.45, 7) is 2.47. The smallest absolute Gasteiger partial charge is 0.227 e. The van der Waals surface area contributed by atoms with E-state index in [1.807, 2.05) is 0 Å². The van der Waals surface area contributed by atoms with E-state index in [-0.39, 0.29) is 29.1 Å². The van der Waals surface area contributed by atoms with Gasteiger partial charge in [0.2, 0.25) is 5.91 Å². The molecule has 0 bridgehead atoms. The Balaban J connectivity index is 2.26. The summed E-state index contributed by atoms with van der Waals surface area (Å²) in [4.78, 5) is 16.2. The number of azide groups is 1.